The molecule has 36 heavy (non-hydrogen) atoms. The van der Waals surface area contributed by atoms with Crippen molar-refractivity contribution in [1.82, 2.24) is 4.98 Å². The predicted octanol–water partition coefficient (Wildman–Crippen LogP) is 7.02. The Morgan fingerprint density at radius 2 is 1.56 bits per heavy atom. The van der Waals surface area contributed by atoms with Gasteiger partial charge in [0.2, 0.25) is 0 Å². The van der Waals surface area contributed by atoms with Gasteiger partial charge >= 0.3 is 6.03 Å². The summed E-state index contributed by atoms with van der Waals surface area (Å²) in [4.78, 5) is 28.1. The third kappa shape index (κ3) is 5.15. The maximum atomic E-state index is 12.5. The number of benzene rings is 3. The Labute approximate surface area is 209 Å². The smallest absolute Gasteiger partial charge is 0.323 e. The van der Waals surface area contributed by atoms with Gasteiger partial charge in [0.15, 0.2) is 0 Å². The monoisotopic (exact) mass is 477 g/mol. The zero-order chi connectivity index (χ0) is 25.1. The van der Waals surface area contributed by atoms with Crippen LogP contribution < -0.4 is 21.3 Å². The molecule has 1 aromatic heterocycles. The summed E-state index contributed by atoms with van der Waals surface area (Å²) in [6.45, 7) is 4.23. The summed E-state index contributed by atoms with van der Waals surface area (Å²) in [7, 11) is 0. The van der Waals surface area contributed by atoms with Crippen molar-refractivity contribution in [1.29, 1.82) is 0 Å². The molecule has 180 valence electrons. The van der Waals surface area contributed by atoms with Gasteiger partial charge in [0.1, 0.15) is 0 Å². The van der Waals surface area contributed by atoms with E-state index in [1.54, 1.807) is 0 Å². The van der Waals surface area contributed by atoms with Crippen molar-refractivity contribution in [3.8, 4) is 0 Å². The van der Waals surface area contributed by atoms with E-state index in [0.29, 0.717) is 17.2 Å². The Balaban J connectivity index is 1.27. The average molecular weight is 478 g/mol. The normalized spacial score (nSPS) is 13.4. The molecule has 4 aromatic rings. The number of hydrogen-bond donors (Lipinski definition) is 5. The molecule has 0 fully saturated rings. The number of fused-ring (bicyclic) bond motifs is 1. The largest absolute Gasteiger partial charge is 0.362 e. The van der Waals surface area contributed by atoms with Gasteiger partial charge in [0.05, 0.1) is 11.3 Å². The van der Waals surface area contributed by atoms with E-state index in [2.05, 4.69) is 40.1 Å². The Morgan fingerprint density at radius 3 is 2.31 bits per heavy atom. The maximum Gasteiger partial charge on any atom is 0.323 e. The summed E-state index contributed by atoms with van der Waals surface area (Å²) >= 11 is 0. The van der Waals surface area contributed by atoms with E-state index in [9.17, 15) is 9.59 Å². The zero-order valence-corrected chi connectivity index (χ0v) is 20.1. The highest BCUT2D eigenvalue weighted by Gasteiger charge is 2.24. The molecular formula is C29H27N5O2. The molecule has 0 unspecified atom stereocenters. The first-order valence-electron chi connectivity index (χ1n) is 11.8. The van der Waals surface area contributed by atoms with Gasteiger partial charge in [-0.05, 0) is 72.2 Å². The van der Waals surface area contributed by atoms with Crippen molar-refractivity contribution in [3.63, 3.8) is 0 Å². The van der Waals surface area contributed by atoms with Crippen LogP contribution in [0.2, 0.25) is 0 Å². The lowest BCUT2D eigenvalue weighted by Gasteiger charge is -2.12. The number of aromatic amines is 1. The molecule has 1 aliphatic heterocycles. The third-order valence-electron chi connectivity index (χ3n) is 5.94. The van der Waals surface area contributed by atoms with Crippen LogP contribution in [0.25, 0.3) is 11.6 Å². The summed E-state index contributed by atoms with van der Waals surface area (Å²) in [5.74, 6) is 0.250. The second kappa shape index (κ2) is 9.84. The van der Waals surface area contributed by atoms with Crippen LogP contribution in [0.15, 0.2) is 85.1 Å². The number of carbonyl (C=O) groups is 2. The maximum absolute atomic E-state index is 12.5. The van der Waals surface area contributed by atoms with Gasteiger partial charge in [-0.1, -0.05) is 38.1 Å². The van der Waals surface area contributed by atoms with Crippen molar-refractivity contribution in [2.75, 3.05) is 21.3 Å². The molecule has 5 N–H and O–H groups in total. The molecule has 0 radical (unpaired) electrons. The van der Waals surface area contributed by atoms with Crippen molar-refractivity contribution in [3.05, 3.63) is 102 Å². The van der Waals surface area contributed by atoms with Crippen molar-refractivity contribution < 1.29 is 9.59 Å². The number of H-pyrrole nitrogens is 1. The van der Waals surface area contributed by atoms with Gasteiger partial charge in [0.25, 0.3) is 5.91 Å². The summed E-state index contributed by atoms with van der Waals surface area (Å²) in [6, 6.07) is 24.5. The molecular weight excluding hydrogens is 450 g/mol. The van der Waals surface area contributed by atoms with Crippen molar-refractivity contribution in [2.24, 2.45) is 0 Å². The van der Waals surface area contributed by atoms with Gasteiger partial charge in [-0.2, -0.15) is 0 Å². The highest BCUT2D eigenvalue weighted by molar-refractivity contribution is 6.35. The Hall–Kier alpha value is -4.78. The molecule has 0 saturated carbocycles. The predicted molar refractivity (Wildman–Crippen MR) is 147 cm³/mol. The number of nitrogens with one attached hydrogen (secondary N) is 5. The van der Waals surface area contributed by atoms with Crippen LogP contribution in [0.5, 0.6) is 0 Å². The minimum atomic E-state index is -0.310. The van der Waals surface area contributed by atoms with E-state index in [1.165, 1.54) is 0 Å². The molecule has 2 heterocycles. The minimum absolute atomic E-state index is 0.132. The zero-order valence-electron chi connectivity index (χ0n) is 20.1. The second-order valence-electron chi connectivity index (χ2n) is 8.96. The number of aromatic nitrogens is 1. The quantitative estimate of drug-likeness (QED) is 0.193. The van der Waals surface area contributed by atoms with Gasteiger partial charge in [-0.25, -0.2) is 4.79 Å². The lowest BCUT2D eigenvalue weighted by molar-refractivity contribution is -0.110. The molecule has 0 saturated heterocycles. The fraction of sp³-hybridized carbons (Fsp3) is 0.103. The van der Waals surface area contributed by atoms with Crippen molar-refractivity contribution in [2.45, 2.75) is 19.8 Å². The lowest BCUT2D eigenvalue weighted by atomic mass is 10.0. The van der Waals surface area contributed by atoms with Crippen LogP contribution in [0, 0.1) is 0 Å². The third-order valence-corrected chi connectivity index (χ3v) is 5.94. The first-order valence-corrected chi connectivity index (χ1v) is 11.8. The van der Waals surface area contributed by atoms with E-state index in [4.69, 9.17) is 0 Å². The Kier molecular flexibility index (Phi) is 6.28. The Morgan fingerprint density at radius 1 is 0.833 bits per heavy atom. The van der Waals surface area contributed by atoms with Crippen LogP contribution in [-0.2, 0) is 4.79 Å². The van der Waals surface area contributed by atoms with Gasteiger partial charge in [-0.15, -0.1) is 0 Å². The highest BCUT2D eigenvalue weighted by Crippen LogP contribution is 2.35. The van der Waals surface area contributed by atoms with Gasteiger partial charge < -0.3 is 26.3 Å². The van der Waals surface area contributed by atoms with E-state index in [0.717, 1.165) is 39.6 Å². The summed E-state index contributed by atoms with van der Waals surface area (Å²) in [5.41, 5.74) is 7.29. The fourth-order valence-corrected chi connectivity index (χ4v) is 4.12. The molecule has 0 bridgehead atoms. The number of amides is 3. The van der Waals surface area contributed by atoms with Crippen LogP contribution >= 0.6 is 0 Å². The molecule has 0 atom stereocenters. The number of carbonyl (C=O) groups excluding carboxylic acids is 2. The lowest BCUT2D eigenvalue weighted by Crippen LogP contribution is -2.19. The molecule has 1 aliphatic rings. The van der Waals surface area contributed by atoms with Crippen LogP contribution in [0.1, 0.15) is 36.6 Å². The molecule has 0 aliphatic carbocycles. The van der Waals surface area contributed by atoms with Gasteiger partial charge in [0, 0.05) is 40.2 Å². The minimum Gasteiger partial charge on any atom is -0.362 e. The average Bonchev–Trinajstić information content (AvgIpc) is 3.47. The topological polar surface area (TPSA) is 98.0 Å². The van der Waals surface area contributed by atoms with Crippen LogP contribution in [-0.4, -0.2) is 16.9 Å². The molecule has 7 heteroatoms. The molecule has 0 spiro atoms. The van der Waals surface area contributed by atoms with Crippen LogP contribution in [0.3, 0.4) is 0 Å². The molecule has 3 amide bonds. The summed E-state index contributed by atoms with van der Waals surface area (Å²) in [5, 5.41) is 12.0. The first kappa shape index (κ1) is 23.0. The molecule has 3 aromatic carbocycles. The van der Waals surface area contributed by atoms with E-state index >= 15 is 0 Å². The van der Waals surface area contributed by atoms with E-state index in [1.807, 2.05) is 91.1 Å². The fourth-order valence-electron chi connectivity index (χ4n) is 4.12. The number of hydrogen-bond acceptors (Lipinski definition) is 3. The molecule has 5 rings (SSSR count). The van der Waals surface area contributed by atoms with Crippen LogP contribution in [0.4, 0.5) is 33.2 Å². The van der Waals surface area contributed by atoms with E-state index in [-0.39, 0.29) is 11.9 Å². The summed E-state index contributed by atoms with van der Waals surface area (Å²) < 4.78 is 0. The standard InChI is InChI=1S/C29H27N5O2/c1-18(2)19-6-3-7-21(14-19)32-29(36)33-23-9-4-8-22(15-23)31-24-11-12-25-26(16-20-10-5-13-30-20)28(35)34-27(25)17-24/h3-18,30-31H,1-2H3,(H,34,35)(H2,32,33,36)/b26-16+. The summed E-state index contributed by atoms with van der Waals surface area (Å²) in [6.07, 6.45) is 3.66. The number of urea groups is 1. The molecule has 7 nitrogen and oxygen atoms in total. The highest BCUT2D eigenvalue weighted by atomic mass is 16.2. The van der Waals surface area contributed by atoms with E-state index < -0.39 is 0 Å². The van der Waals surface area contributed by atoms with Crippen molar-refractivity contribution >= 4 is 52.0 Å². The van der Waals surface area contributed by atoms with Gasteiger partial charge in [-0.3, -0.25) is 4.79 Å². The first-order chi connectivity index (χ1) is 17.4. The number of rotatable bonds is 6. The Bertz CT molecular complexity index is 1450. The number of anilines is 5. The second-order valence-corrected chi connectivity index (χ2v) is 8.96. The SMILES string of the molecule is CC(C)c1cccc(NC(=O)Nc2cccc(Nc3ccc4c(c3)NC(=O)/C4=C/c3ccc[nH]3)c2)c1.